The highest BCUT2D eigenvalue weighted by molar-refractivity contribution is 6.79. The first-order valence-corrected chi connectivity index (χ1v) is 8.42. The molecule has 0 bridgehead atoms. The Morgan fingerprint density at radius 1 is 1.38 bits per heavy atom. The van der Waals surface area contributed by atoms with Gasteiger partial charge >= 0.3 is 0 Å². The summed E-state index contributed by atoms with van der Waals surface area (Å²) in [7, 11) is -1.54. The molecule has 1 saturated heterocycles. The van der Waals surface area contributed by atoms with Crippen LogP contribution >= 0.6 is 0 Å². The molecule has 1 rings (SSSR count). The topological polar surface area (TPSA) is 29.5 Å². The van der Waals surface area contributed by atoms with Crippen LogP contribution < -0.4 is 0 Å². The monoisotopic (exact) mass is 200 g/mol. The van der Waals surface area contributed by atoms with Gasteiger partial charge in [0.05, 0.1) is 8.07 Å². The third-order valence-electron chi connectivity index (χ3n) is 2.95. The van der Waals surface area contributed by atoms with Gasteiger partial charge in [0.25, 0.3) is 0 Å². The Kier molecular flexibility index (Phi) is 2.87. The number of ether oxygens (including phenoxy) is 1. The molecule has 1 aliphatic rings. The van der Waals surface area contributed by atoms with Crippen LogP contribution in [0.3, 0.4) is 0 Å². The van der Waals surface area contributed by atoms with Gasteiger partial charge in [0.1, 0.15) is 11.0 Å². The van der Waals surface area contributed by atoms with E-state index in [9.17, 15) is 5.11 Å². The van der Waals surface area contributed by atoms with Gasteiger partial charge in [0.15, 0.2) is 0 Å². The van der Waals surface area contributed by atoms with Crippen LogP contribution in [-0.4, -0.2) is 25.0 Å². The average molecular weight is 200 g/mol. The van der Waals surface area contributed by atoms with Gasteiger partial charge in [-0.1, -0.05) is 26.2 Å². The van der Waals surface area contributed by atoms with Crippen molar-refractivity contribution >= 4 is 8.07 Å². The van der Waals surface area contributed by atoms with E-state index in [1.54, 1.807) is 0 Å². The Morgan fingerprint density at radius 3 is 2.23 bits per heavy atom. The van der Waals surface area contributed by atoms with Crippen molar-refractivity contribution < 1.29 is 9.84 Å². The highest BCUT2D eigenvalue weighted by Gasteiger charge is 2.48. The van der Waals surface area contributed by atoms with Gasteiger partial charge in [0.2, 0.25) is 0 Å². The zero-order valence-corrected chi connectivity index (χ0v) is 9.89. The lowest BCUT2D eigenvalue weighted by Gasteiger charge is -2.45. The third-order valence-corrected chi connectivity index (χ3v) is 6.06. The fourth-order valence-corrected chi connectivity index (χ4v) is 4.37. The molecule has 0 saturated carbocycles. The molecule has 1 fully saturated rings. The van der Waals surface area contributed by atoms with Crippen molar-refractivity contribution in [3.63, 3.8) is 0 Å². The first-order valence-electron chi connectivity index (χ1n) is 4.92. The van der Waals surface area contributed by atoms with Crippen molar-refractivity contribution in [2.45, 2.75) is 44.1 Å². The molecule has 1 N–H and O–H groups in total. The van der Waals surface area contributed by atoms with Crippen LogP contribution in [-0.2, 0) is 4.74 Å². The van der Waals surface area contributed by atoms with Gasteiger partial charge < -0.3 is 9.84 Å². The van der Waals surface area contributed by atoms with Gasteiger partial charge in [0, 0.05) is 6.61 Å². The predicted molar refractivity (Wildman–Crippen MR) is 57.6 cm³/mol. The molecule has 1 unspecified atom stereocenters. The van der Waals surface area contributed by atoms with Crippen molar-refractivity contribution in [3.05, 3.63) is 12.3 Å². The van der Waals surface area contributed by atoms with Crippen LogP contribution in [0, 0.1) is 0 Å². The van der Waals surface area contributed by atoms with Crippen molar-refractivity contribution in [3.8, 4) is 0 Å². The molecule has 0 aromatic heterocycles. The number of rotatable bonds is 2. The summed E-state index contributed by atoms with van der Waals surface area (Å²) in [5.41, 5.74) is 0. The van der Waals surface area contributed by atoms with Gasteiger partial charge in [-0.15, -0.1) is 0 Å². The average Bonchev–Trinajstić information content (AvgIpc) is 2.03. The Hall–Kier alpha value is -0.283. The van der Waals surface area contributed by atoms with E-state index in [1.165, 1.54) is 0 Å². The summed E-state index contributed by atoms with van der Waals surface area (Å²) in [6, 6.07) is 0. The van der Waals surface area contributed by atoms with Crippen LogP contribution in [0.25, 0.3) is 0 Å². The minimum Gasteiger partial charge on any atom is -0.510 e. The SMILES string of the molecule is C=C(O)C1([Si](C)(C)C)CCCCO1. The van der Waals surface area contributed by atoms with Gasteiger partial charge in [-0.25, -0.2) is 0 Å². The molecule has 13 heavy (non-hydrogen) atoms. The molecule has 76 valence electrons. The minimum absolute atomic E-state index is 0.242. The summed E-state index contributed by atoms with van der Waals surface area (Å²) in [5, 5.41) is 9.29. The van der Waals surface area contributed by atoms with Crippen LogP contribution in [0.4, 0.5) is 0 Å². The second-order valence-electron chi connectivity index (χ2n) is 4.83. The molecular weight excluding hydrogens is 180 g/mol. The lowest BCUT2D eigenvalue weighted by atomic mass is 10.1. The molecule has 0 amide bonds. The zero-order valence-electron chi connectivity index (χ0n) is 8.89. The maximum atomic E-state index is 9.68. The second-order valence-corrected chi connectivity index (χ2v) is 10.1. The van der Waals surface area contributed by atoms with Crippen molar-refractivity contribution in [1.82, 2.24) is 0 Å². The van der Waals surface area contributed by atoms with E-state index in [2.05, 4.69) is 26.2 Å². The Labute approximate surface area is 81.6 Å². The predicted octanol–water partition coefficient (Wildman–Crippen LogP) is 2.87. The summed E-state index contributed by atoms with van der Waals surface area (Å²) >= 11 is 0. The van der Waals surface area contributed by atoms with E-state index in [0.717, 1.165) is 25.9 Å². The first kappa shape index (κ1) is 10.8. The third kappa shape index (κ3) is 1.81. The van der Waals surface area contributed by atoms with Gasteiger partial charge in [-0.05, 0) is 19.3 Å². The molecule has 1 heterocycles. The maximum Gasteiger partial charge on any atom is 0.113 e. The molecule has 2 nitrogen and oxygen atoms in total. The lowest BCUT2D eigenvalue weighted by Crippen LogP contribution is -2.57. The fraction of sp³-hybridized carbons (Fsp3) is 0.800. The van der Waals surface area contributed by atoms with Crippen molar-refractivity contribution in [2.75, 3.05) is 6.61 Å². The maximum absolute atomic E-state index is 9.68. The minimum atomic E-state index is -1.54. The quantitative estimate of drug-likeness (QED) is 0.548. The van der Waals surface area contributed by atoms with Crippen molar-refractivity contribution in [2.24, 2.45) is 0 Å². The summed E-state index contributed by atoms with van der Waals surface area (Å²) in [6.07, 6.45) is 3.20. The summed E-state index contributed by atoms with van der Waals surface area (Å²) in [4.78, 5) is 0. The Balaban J connectivity index is 2.93. The van der Waals surface area contributed by atoms with Gasteiger partial charge in [-0.2, -0.15) is 0 Å². The molecule has 0 spiro atoms. The summed E-state index contributed by atoms with van der Waals surface area (Å²) in [5.74, 6) is 0.242. The van der Waals surface area contributed by atoms with E-state index < -0.39 is 8.07 Å². The van der Waals surface area contributed by atoms with Crippen LogP contribution in [0.2, 0.25) is 19.6 Å². The molecule has 3 heteroatoms. The summed E-state index contributed by atoms with van der Waals surface area (Å²) in [6.45, 7) is 11.1. The molecular formula is C10H20O2Si. The number of hydrogen-bond acceptors (Lipinski definition) is 2. The highest BCUT2D eigenvalue weighted by Crippen LogP contribution is 2.38. The molecule has 0 aliphatic carbocycles. The molecule has 0 radical (unpaired) electrons. The van der Waals surface area contributed by atoms with Crippen molar-refractivity contribution in [1.29, 1.82) is 0 Å². The molecule has 0 aromatic carbocycles. The standard InChI is InChI=1S/C10H20O2Si/c1-9(11)10(13(2,3)4)7-5-6-8-12-10/h11H,1,5-8H2,2-4H3. The first-order chi connectivity index (χ1) is 5.90. The Morgan fingerprint density at radius 2 is 2.00 bits per heavy atom. The second kappa shape index (κ2) is 3.46. The van der Waals surface area contributed by atoms with Crippen LogP contribution in [0.15, 0.2) is 12.3 Å². The number of hydrogen-bond donors (Lipinski definition) is 1. The van der Waals surface area contributed by atoms with E-state index in [4.69, 9.17) is 4.74 Å². The highest BCUT2D eigenvalue weighted by atomic mass is 28.3. The zero-order chi connectivity index (χ0) is 10.1. The summed E-state index contributed by atoms with van der Waals surface area (Å²) < 4.78 is 5.80. The molecule has 1 atom stereocenters. The van der Waals surface area contributed by atoms with E-state index in [0.29, 0.717) is 0 Å². The van der Waals surface area contributed by atoms with Gasteiger partial charge in [-0.3, -0.25) is 0 Å². The van der Waals surface area contributed by atoms with E-state index in [-0.39, 0.29) is 11.0 Å². The lowest BCUT2D eigenvalue weighted by molar-refractivity contribution is -0.0243. The fourth-order valence-electron chi connectivity index (χ4n) is 2.05. The van der Waals surface area contributed by atoms with Crippen LogP contribution in [0.1, 0.15) is 19.3 Å². The smallest absolute Gasteiger partial charge is 0.113 e. The largest absolute Gasteiger partial charge is 0.510 e. The molecule has 0 aromatic rings. The van der Waals surface area contributed by atoms with E-state index >= 15 is 0 Å². The number of aliphatic hydroxyl groups excluding tert-OH is 1. The van der Waals surface area contributed by atoms with E-state index in [1.807, 2.05) is 0 Å². The van der Waals surface area contributed by atoms with Crippen LogP contribution in [0.5, 0.6) is 0 Å². The Bertz CT molecular complexity index is 199. The normalized spacial score (nSPS) is 30.1. The number of aliphatic hydroxyl groups is 1. The molecule has 1 aliphatic heterocycles.